The molecule has 0 spiro atoms. The SMILES string of the molecule is CCNC(=NCc1cccc(OCC(C)C)c1)NCc1nc(C)c(C)o1.I. The van der Waals surface area contributed by atoms with Crippen molar-refractivity contribution in [3.8, 4) is 5.75 Å². The first-order valence-corrected chi connectivity index (χ1v) is 9.14. The second-order valence-corrected chi connectivity index (χ2v) is 6.65. The van der Waals surface area contributed by atoms with Crippen LogP contribution in [0.4, 0.5) is 0 Å². The van der Waals surface area contributed by atoms with Crippen LogP contribution in [0.15, 0.2) is 33.7 Å². The maximum Gasteiger partial charge on any atom is 0.214 e. The number of aromatic nitrogens is 1. The quantitative estimate of drug-likeness (QED) is 0.333. The molecule has 0 aliphatic rings. The Hall–Kier alpha value is -1.77. The fourth-order valence-corrected chi connectivity index (χ4v) is 2.28. The maximum absolute atomic E-state index is 5.78. The van der Waals surface area contributed by atoms with Gasteiger partial charge in [0.1, 0.15) is 11.5 Å². The van der Waals surface area contributed by atoms with Crippen molar-refractivity contribution in [1.82, 2.24) is 15.6 Å². The van der Waals surface area contributed by atoms with Crippen LogP contribution in [0.25, 0.3) is 0 Å². The summed E-state index contributed by atoms with van der Waals surface area (Å²) in [7, 11) is 0. The van der Waals surface area contributed by atoms with Gasteiger partial charge >= 0.3 is 0 Å². The molecule has 1 aromatic heterocycles. The molecule has 0 aliphatic carbocycles. The van der Waals surface area contributed by atoms with Gasteiger partial charge in [-0.1, -0.05) is 26.0 Å². The number of aliphatic imine (C=N–C) groups is 1. The fourth-order valence-electron chi connectivity index (χ4n) is 2.28. The van der Waals surface area contributed by atoms with E-state index in [0.717, 1.165) is 35.3 Å². The number of guanidine groups is 1. The number of benzene rings is 1. The lowest BCUT2D eigenvalue weighted by molar-refractivity contribution is 0.271. The molecule has 27 heavy (non-hydrogen) atoms. The smallest absolute Gasteiger partial charge is 0.214 e. The third-order valence-corrected chi connectivity index (χ3v) is 3.73. The van der Waals surface area contributed by atoms with E-state index in [1.807, 2.05) is 39.0 Å². The normalized spacial score (nSPS) is 11.3. The third kappa shape index (κ3) is 8.19. The van der Waals surface area contributed by atoms with Gasteiger partial charge in [-0.2, -0.15) is 0 Å². The van der Waals surface area contributed by atoms with Crippen molar-refractivity contribution in [2.75, 3.05) is 13.2 Å². The molecule has 7 heteroatoms. The molecular weight excluding hydrogens is 455 g/mol. The number of rotatable bonds is 8. The van der Waals surface area contributed by atoms with Gasteiger partial charge in [0, 0.05) is 6.54 Å². The minimum atomic E-state index is 0. The molecule has 0 atom stereocenters. The number of hydrogen-bond donors (Lipinski definition) is 2. The van der Waals surface area contributed by atoms with Crippen molar-refractivity contribution >= 4 is 29.9 Å². The first-order valence-electron chi connectivity index (χ1n) is 9.14. The van der Waals surface area contributed by atoms with E-state index in [-0.39, 0.29) is 24.0 Å². The van der Waals surface area contributed by atoms with Gasteiger partial charge in [0.2, 0.25) is 5.89 Å². The van der Waals surface area contributed by atoms with Crippen LogP contribution in [-0.2, 0) is 13.1 Å². The molecule has 2 aromatic rings. The molecule has 0 amide bonds. The highest BCUT2D eigenvalue weighted by molar-refractivity contribution is 14.0. The molecule has 0 fully saturated rings. The van der Waals surface area contributed by atoms with E-state index in [9.17, 15) is 0 Å². The lowest BCUT2D eigenvalue weighted by atomic mass is 10.2. The van der Waals surface area contributed by atoms with Gasteiger partial charge in [-0.05, 0) is 44.4 Å². The fraction of sp³-hybridized carbons (Fsp3) is 0.500. The Morgan fingerprint density at radius 2 is 2.04 bits per heavy atom. The largest absolute Gasteiger partial charge is 0.493 e. The molecule has 0 saturated heterocycles. The number of hydrogen-bond acceptors (Lipinski definition) is 4. The molecule has 150 valence electrons. The molecular formula is C20H31IN4O2. The van der Waals surface area contributed by atoms with Crippen LogP contribution >= 0.6 is 24.0 Å². The summed E-state index contributed by atoms with van der Waals surface area (Å²) < 4.78 is 11.4. The summed E-state index contributed by atoms with van der Waals surface area (Å²) >= 11 is 0. The summed E-state index contributed by atoms with van der Waals surface area (Å²) in [5, 5.41) is 6.49. The molecule has 6 nitrogen and oxygen atoms in total. The molecule has 0 radical (unpaired) electrons. The van der Waals surface area contributed by atoms with E-state index in [1.54, 1.807) is 0 Å². The second kappa shape index (κ2) is 11.8. The van der Waals surface area contributed by atoms with E-state index >= 15 is 0 Å². The molecule has 1 heterocycles. The van der Waals surface area contributed by atoms with Crippen molar-refractivity contribution < 1.29 is 9.15 Å². The van der Waals surface area contributed by atoms with Crippen LogP contribution in [0, 0.1) is 19.8 Å². The van der Waals surface area contributed by atoms with Gasteiger partial charge in [0.25, 0.3) is 0 Å². The molecule has 2 rings (SSSR count). The highest BCUT2D eigenvalue weighted by Crippen LogP contribution is 2.15. The number of aryl methyl sites for hydroxylation is 2. The van der Waals surface area contributed by atoms with E-state index in [4.69, 9.17) is 9.15 Å². The summed E-state index contributed by atoms with van der Waals surface area (Å²) in [5.74, 6) is 3.63. The van der Waals surface area contributed by atoms with Crippen molar-refractivity contribution in [2.24, 2.45) is 10.9 Å². The molecule has 0 bridgehead atoms. The Labute approximate surface area is 179 Å². The zero-order valence-corrected chi connectivity index (χ0v) is 19.2. The van der Waals surface area contributed by atoms with E-state index < -0.39 is 0 Å². The van der Waals surface area contributed by atoms with Crippen molar-refractivity contribution in [2.45, 2.75) is 47.7 Å². The van der Waals surface area contributed by atoms with E-state index in [0.29, 0.717) is 31.5 Å². The summed E-state index contributed by atoms with van der Waals surface area (Å²) in [6.45, 7) is 12.7. The lowest BCUT2D eigenvalue weighted by Crippen LogP contribution is -2.36. The highest BCUT2D eigenvalue weighted by Gasteiger charge is 2.06. The lowest BCUT2D eigenvalue weighted by Gasteiger charge is -2.11. The number of nitrogens with zero attached hydrogens (tertiary/aromatic N) is 2. The van der Waals surface area contributed by atoms with Crippen molar-refractivity contribution in [1.29, 1.82) is 0 Å². The summed E-state index contributed by atoms with van der Waals surface area (Å²) in [6, 6.07) is 8.07. The van der Waals surface area contributed by atoms with Gasteiger partial charge in [-0.25, -0.2) is 9.98 Å². The average Bonchev–Trinajstić information content (AvgIpc) is 2.94. The minimum Gasteiger partial charge on any atom is -0.493 e. The van der Waals surface area contributed by atoms with Crippen molar-refractivity contribution in [3.63, 3.8) is 0 Å². The number of ether oxygens (including phenoxy) is 1. The average molecular weight is 486 g/mol. The predicted octanol–water partition coefficient (Wildman–Crippen LogP) is 4.20. The molecule has 1 aromatic carbocycles. The minimum absolute atomic E-state index is 0. The number of halogens is 1. The van der Waals surface area contributed by atoms with E-state index in [2.05, 4.69) is 40.5 Å². The van der Waals surface area contributed by atoms with Gasteiger partial charge in [-0.15, -0.1) is 24.0 Å². The van der Waals surface area contributed by atoms with Crippen LogP contribution in [-0.4, -0.2) is 24.1 Å². The second-order valence-electron chi connectivity index (χ2n) is 6.65. The molecule has 0 unspecified atom stereocenters. The van der Waals surface area contributed by atoms with Gasteiger partial charge in [-0.3, -0.25) is 0 Å². The monoisotopic (exact) mass is 486 g/mol. The summed E-state index contributed by atoms with van der Waals surface area (Å²) in [5.41, 5.74) is 2.02. The van der Waals surface area contributed by atoms with Crippen LogP contribution in [0.3, 0.4) is 0 Å². The van der Waals surface area contributed by atoms with Gasteiger partial charge in [0.15, 0.2) is 5.96 Å². The van der Waals surface area contributed by atoms with Crippen LogP contribution < -0.4 is 15.4 Å². The molecule has 2 N–H and O–H groups in total. The Morgan fingerprint density at radius 1 is 1.26 bits per heavy atom. The predicted molar refractivity (Wildman–Crippen MR) is 120 cm³/mol. The van der Waals surface area contributed by atoms with Crippen LogP contribution in [0.1, 0.15) is 43.7 Å². The third-order valence-electron chi connectivity index (χ3n) is 3.73. The Balaban J connectivity index is 0.00000364. The standard InChI is InChI=1S/C20H30N4O2.HI/c1-6-21-20(23-12-19-24-15(4)16(5)26-19)22-11-17-8-7-9-18(10-17)25-13-14(2)3;/h7-10,14H,6,11-13H2,1-5H3,(H2,21,22,23);1H. The number of oxazole rings is 1. The van der Waals surface area contributed by atoms with Gasteiger partial charge < -0.3 is 19.8 Å². The topological polar surface area (TPSA) is 71.7 Å². The Morgan fingerprint density at radius 3 is 2.67 bits per heavy atom. The Bertz CT molecular complexity index is 709. The highest BCUT2D eigenvalue weighted by atomic mass is 127. The first-order chi connectivity index (χ1) is 12.5. The van der Waals surface area contributed by atoms with Gasteiger partial charge in [0.05, 0.1) is 25.4 Å². The molecule has 0 saturated carbocycles. The zero-order valence-electron chi connectivity index (χ0n) is 16.8. The van der Waals surface area contributed by atoms with E-state index in [1.165, 1.54) is 0 Å². The summed E-state index contributed by atoms with van der Waals surface area (Å²) in [4.78, 5) is 9.01. The zero-order chi connectivity index (χ0) is 18.9. The Kier molecular flexibility index (Phi) is 10.2. The van der Waals surface area contributed by atoms with Crippen LogP contribution in [0.2, 0.25) is 0 Å². The number of nitrogens with one attached hydrogen (secondary N) is 2. The summed E-state index contributed by atoms with van der Waals surface area (Å²) in [6.07, 6.45) is 0. The van der Waals surface area contributed by atoms with Crippen molar-refractivity contribution in [3.05, 3.63) is 47.2 Å². The molecule has 0 aliphatic heterocycles. The first kappa shape index (κ1) is 23.3. The van der Waals surface area contributed by atoms with Crippen LogP contribution in [0.5, 0.6) is 5.75 Å². The maximum atomic E-state index is 5.78.